The van der Waals surface area contributed by atoms with Gasteiger partial charge in [0.15, 0.2) is 0 Å². The topological polar surface area (TPSA) is 38.0 Å². The Bertz CT molecular complexity index is 310. The van der Waals surface area contributed by atoms with Crippen molar-refractivity contribution in [2.45, 2.75) is 50.7 Å². The third-order valence-electron chi connectivity index (χ3n) is 3.58. The average Bonchev–Trinajstić information content (AvgIpc) is 2.33. The molecule has 0 bridgehead atoms. The van der Waals surface area contributed by atoms with Crippen molar-refractivity contribution in [1.29, 1.82) is 0 Å². The molecule has 0 radical (unpaired) electrons. The number of rotatable bonds is 3. The van der Waals surface area contributed by atoms with Crippen molar-refractivity contribution < 1.29 is 0 Å². The molecule has 1 aromatic carbocycles. The van der Waals surface area contributed by atoms with E-state index < -0.39 is 0 Å². The van der Waals surface area contributed by atoms with Crippen molar-refractivity contribution in [2.75, 3.05) is 0 Å². The van der Waals surface area contributed by atoms with Crippen molar-refractivity contribution >= 4 is 0 Å². The van der Waals surface area contributed by atoms with Crippen LogP contribution < -0.4 is 11.1 Å². The first-order valence-corrected chi connectivity index (χ1v) is 6.34. The quantitative estimate of drug-likeness (QED) is 0.818. The van der Waals surface area contributed by atoms with Crippen LogP contribution in [0, 0.1) is 0 Å². The third-order valence-corrected chi connectivity index (χ3v) is 3.58. The zero-order valence-electron chi connectivity index (χ0n) is 10.0. The maximum absolute atomic E-state index is 6.14. The van der Waals surface area contributed by atoms with Crippen LogP contribution in [0.5, 0.6) is 0 Å². The Morgan fingerprint density at radius 1 is 1.19 bits per heavy atom. The van der Waals surface area contributed by atoms with Gasteiger partial charge in [-0.2, -0.15) is 0 Å². The molecule has 0 heterocycles. The van der Waals surface area contributed by atoms with Crippen LogP contribution in [-0.4, -0.2) is 12.1 Å². The Labute approximate surface area is 98.2 Å². The lowest BCUT2D eigenvalue weighted by molar-refractivity contribution is 0.307. The van der Waals surface area contributed by atoms with E-state index in [1.807, 2.05) is 0 Å². The molecule has 1 aliphatic carbocycles. The highest BCUT2D eigenvalue weighted by Crippen LogP contribution is 2.20. The van der Waals surface area contributed by atoms with Gasteiger partial charge < -0.3 is 11.1 Å². The highest BCUT2D eigenvalue weighted by molar-refractivity contribution is 5.18. The summed E-state index contributed by atoms with van der Waals surface area (Å²) in [6.07, 6.45) is 4.99. The van der Waals surface area contributed by atoms with Gasteiger partial charge in [0.2, 0.25) is 0 Å². The fraction of sp³-hybridized carbons (Fsp3) is 0.571. The molecule has 0 saturated heterocycles. The van der Waals surface area contributed by atoms with E-state index in [0.717, 1.165) is 0 Å². The summed E-state index contributed by atoms with van der Waals surface area (Å²) >= 11 is 0. The molecular formula is C14H22N2. The summed E-state index contributed by atoms with van der Waals surface area (Å²) in [7, 11) is 0. The number of benzene rings is 1. The summed E-state index contributed by atoms with van der Waals surface area (Å²) in [5.41, 5.74) is 7.49. The predicted molar refractivity (Wildman–Crippen MR) is 68.2 cm³/mol. The van der Waals surface area contributed by atoms with Gasteiger partial charge in [0.05, 0.1) is 0 Å². The number of hydrogen-bond donors (Lipinski definition) is 2. The van der Waals surface area contributed by atoms with Crippen molar-refractivity contribution in [1.82, 2.24) is 5.32 Å². The minimum absolute atomic E-state index is 0.333. The normalized spacial score (nSPS) is 27.6. The van der Waals surface area contributed by atoms with E-state index in [1.165, 1.54) is 31.2 Å². The van der Waals surface area contributed by atoms with Crippen LogP contribution in [0.3, 0.4) is 0 Å². The zero-order valence-corrected chi connectivity index (χ0v) is 10.0. The molecule has 2 nitrogen and oxygen atoms in total. The molecule has 3 atom stereocenters. The van der Waals surface area contributed by atoms with Crippen molar-refractivity contribution in [3.63, 3.8) is 0 Å². The smallest absolute Gasteiger partial charge is 0.0294 e. The first kappa shape index (κ1) is 11.6. The van der Waals surface area contributed by atoms with Crippen molar-refractivity contribution in [3.8, 4) is 0 Å². The highest BCUT2D eigenvalue weighted by atomic mass is 15.0. The van der Waals surface area contributed by atoms with Crippen LogP contribution in [0.2, 0.25) is 0 Å². The summed E-state index contributed by atoms with van der Waals surface area (Å²) in [5, 5.41) is 3.66. The Morgan fingerprint density at radius 2 is 1.88 bits per heavy atom. The first-order chi connectivity index (χ1) is 7.77. The Morgan fingerprint density at radius 3 is 2.56 bits per heavy atom. The summed E-state index contributed by atoms with van der Waals surface area (Å²) < 4.78 is 0. The van der Waals surface area contributed by atoms with Gasteiger partial charge in [-0.1, -0.05) is 43.2 Å². The third kappa shape index (κ3) is 2.83. The molecule has 1 aromatic rings. The monoisotopic (exact) mass is 218 g/mol. The van der Waals surface area contributed by atoms with Gasteiger partial charge >= 0.3 is 0 Å². The summed E-state index contributed by atoms with van der Waals surface area (Å²) in [5.74, 6) is 0. The van der Waals surface area contributed by atoms with Gasteiger partial charge in [0.25, 0.3) is 0 Å². The SMILES string of the molecule is C[C@H](N[C@H]1CCCC[C@H]1N)c1ccccc1. The van der Waals surface area contributed by atoms with E-state index in [2.05, 4.69) is 42.6 Å². The van der Waals surface area contributed by atoms with Gasteiger partial charge in [-0.15, -0.1) is 0 Å². The molecule has 1 fully saturated rings. The lowest BCUT2D eigenvalue weighted by atomic mass is 9.90. The maximum atomic E-state index is 6.14. The van der Waals surface area contributed by atoms with E-state index >= 15 is 0 Å². The fourth-order valence-electron chi connectivity index (χ4n) is 2.53. The molecule has 1 saturated carbocycles. The summed E-state index contributed by atoms with van der Waals surface area (Å²) in [6.45, 7) is 2.22. The second-order valence-corrected chi connectivity index (χ2v) is 4.85. The van der Waals surface area contributed by atoms with E-state index in [-0.39, 0.29) is 0 Å². The molecule has 88 valence electrons. The zero-order chi connectivity index (χ0) is 11.4. The number of nitrogens with two attached hydrogens (primary N) is 1. The van der Waals surface area contributed by atoms with Crippen LogP contribution in [0.15, 0.2) is 30.3 Å². The molecule has 0 aliphatic heterocycles. The van der Waals surface area contributed by atoms with Gasteiger partial charge in [0, 0.05) is 18.1 Å². The average molecular weight is 218 g/mol. The molecule has 0 amide bonds. The largest absolute Gasteiger partial charge is 0.326 e. The molecular weight excluding hydrogens is 196 g/mol. The van der Waals surface area contributed by atoms with Crippen LogP contribution in [0.4, 0.5) is 0 Å². The van der Waals surface area contributed by atoms with Crippen molar-refractivity contribution in [2.24, 2.45) is 5.73 Å². The van der Waals surface area contributed by atoms with E-state index in [1.54, 1.807) is 0 Å². The Balaban J connectivity index is 1.94. The molecule has 0 spiro atoms. The number of hydrogen-bond acceptors (Lipinski definition) is 2. The molecule has 16 heavy (non-hydrogen) atoms. The lowest BCUT2D eigenvalue weighted by Gasteiger charge is -2.32. The van der Waals surface area contributed by atoms with Gasteiger partial charge in [-0.05, 0) is 25.3 Å². The Hall–Kier alpha value is -0.860. The Kier molecular flexibility index (Phi) is 3.97. The van der Waals surface area contributed by atoms with Gasteiger partial charge in [-0.3, -0.25) is 0 Å². The van der Waals surface area contributed by atoms with E-state index in [9.17, 15) is 0 Å². The molecule has 1 aliphatic rings. The summed E-state index contributed by atoms with van der Waals surface area (Å²) in [6, 6.07) is 11.8. The predicted octanol–water partition coefficient (Wildman–Crippen LogP) is 2.61. The van der Waals surface area contributed by atoms with E-state index in [0.29, 0.717) is 18.1 Å². The molecule has 2 heteroatoms. The molecule has 0 aromatic heterocycles. The minimum atomic E-state index is 0.333. The van der Waals surface area contributed by atoms with Gasteiger partial charge in [0.1, 0.15) is 0 Å². The highest BCUT2D eigenvalue weighted by Gasteiger charge is 2.22. The van der Waals surface area contributed by atoms with Crippen LogP contribution in [0.25, 0.3) is 0 Å². The molecule has 0 unspecified atom stereocenters. The van der Waals surface area contributed by atoms with Gasteiger partial charge in [-0.25, -0.2) is 0 Å². The lowest BCUT2D eigenvalue weighted by Crippen LogP contribution is -2.47. The molecule has 2 rings (SSSR count). The summed E-state index contributed by atoms with van der Waals surface area (Å²) in [4.78, 5) is 0. The van der Waals surface area contributed by atoms with Crippen LogP contribution >= 0.6 is 0 Å². The standard InChI is InChI=1S/C14H22N2/c1-11(12-7-3-2-4-8-12)16-14-10-6-5-9-13(14)15/h2-4,7-8,11,13-14,16H,5-6,9-10,15H2,1H3/t11-,13+,14-/m0/s1. The fourth-order valence-corrected chi connectivity index (χ4v) is 2.53. The van der Waals surface area contributed by atoms with Crippen molar-refractivity contribution in [3.05, 3.63) is 35.9 Å². The molecule has 3 N–H and O–H groups in total. The first-order valence-electron chi connectivity index (χ1n) is 6.34. The number of nitrogens with one attached hydrogen (secondary N) is 1. The van der Waals surface area contributed by atoms with Crippen LogP contribution in [0.1, 0.15) is 44.2 Å². The second kappa shape index (κ2) is 5.46. The maximum Gasteiger partial charge on any atom is 0.0294 e. The van der Waals surface area contributed by atoms with Crippen LogP contribution in [-0.2, 0) is 0 Å². The minimum Gasteiger partial charge on any atom is -0.326 e. The van der Waals surface area contributed by atoms with E-state index in [4.69, 9.17) is 5.73 Å². The second-order valence-electron chi connectivity index (χ2n) is 4.85.